The summed E-state index contributed by atoms with van der Waals surface area (Å²) in [4.78, 5) is 4.35. The molecule has 0 aliphatic carbocycles. The number of benzene rings is 1. The van der Waals surface area contributed by atoms with E-state index in [-0.39, 0.29) is 0 Å². The van der Waals surface area contributed by atoms with Crippen molar-refractivity contribution in [2.45, 2.75) is 19.4 Å². The van der Waals surface area contributed by atoms with Crippen LogP contribution in [-0.2, 0) is 11.3 Å². The standard InChI is InChI=1S/C13H19N3O2/c1-17-8-4-3-7-16-12-6-5-10(18-2)9-11(12)15-13(16)14/h5-6,9H,3-4,7-8H2,1-2H3,(H2,14,15). The van der Waals surface area contributed by atoms with Crippen molar-refractivity contribution in [2.75, 3.05) is 26.6 Å². The van der Waals surface area contributed by atoms with Crippen LogP contribution < -0.4 is 10.5 Å². The molecule has 0 radical (unpaired) electrons. The molecule has 1 aromatic heterocycles. The zero-order valence-electron chi connectivity index (χ0n) is 10.8. The van der Waals surface area contributed by atoms with E-state index in [2.05, 4.69) is 4.98 Å². The van der Waals surface area contributed by atoms with Gasteiger partial charge in [0.05, 0.1) is 18.1 Å². The molecule has 0 fully saturated rings. The number of rotatable bonds is 6. The predicted molar refractivity (Wildman–Crippen MR) is 71.8 cm³/mol. The van der Waals surface area contributed by atoms with Crippen LogP contribution in [0.1, 0.15) is 12.8 Å². The van der Waals surface area contributed by atoms with Crippen molar-refractivity contribution in [1.82, 2.24) is 9.55 Å². The number of methoxy groups -OCH3 is 2. The Bertz CT molecular complexity index is 522. The van der Waals surface area contributed by atoms with Crippen LogP contribution in [0.25, 0.3) is 11.0 Å². The molecule has 98 valence electrons. The molecule has 0 spiro atoms. The first kappa shape index (κ1) is 12.7. The Morgan fingerprint density at radius 3 is 2.83 bits per heavy atom. The Morgan fingerprint density at radius 1 is 1.28 bits per heavy atom. The minimum Gasteiger partial charge on any atom is -0.497 e. The maximum Gasteiger partial charge on any atom is 0.201 e. The maximum atomic E-state index is 5.94. The number of fused-ring (bicyclic) bond motifs is 1. The highest BCUT2D eigenvalue weighted by Crippen LogP contribution is 2.23. The molecule has 5 nitrogen and oxygen atoms in total. The average molecular weight is 249 g/mol. The van der Waals surface area contributed by atoms with Crippen LogP contribution >= 0.6 is 0 Å². The number of hydrogen-bond donors (Lipinski definition) is 1. The van der Waals surface area contributed by atoms with Crippen molar-refractivity contribution < 1.29 is 9.47 Å². The van der Waals surface area contributed by atoms with Gasteiger partial charge in [0.25, 0.3) is 0 Å². The summed E-state index contributed by atoms with van der Waals surface area (Å²) in [6.45, 7) is 1.64. The van der Waals surface area contributed by atoms with Gasteiger partial charge in [-0.15, -0.1) is 0 Å². The Morgan fingerprint density at radius 2 is 2.11 bits per heavy atom. The lowest BCUT2D eigenvalue weighted by Crippen LogP contribution is -2.04. The summed E-state index contributed by atoms with van der Waals surface area (Å²) in [7, 11) is 3.36. The molecule has 0 bridgehead atoms. The molecule has 0 saturated heterocycles. The fourth-order valence-electron chi connectivity index (χ4n) is 2.01. The predicted octanol–water partition coefficient (Wildman–Crippen LogP) is 2.05. The minimum atomic E-state index is 0.552. The monoisotopic (exact) mass is 249 g/mol. The molecule has 2 aromatic rings. The molecule has 0 unspecified atom stereocenters. The summed E-state index contributed by atoms with van der Waals surface area (Å²) in [5.41, 5.74) is 7.86. The van der Waals surface area contributed by atoms with E-state index in [1.165, 1.54) is 0 Å². The zero-order chi connectivity index (χ0) is 13.0. The van der Waals surface area contributed by atoms with Crippen molar-refractivity contribution in [3.05, 3.63) is 18.2 Å². The largest absolute Gasteiger partial charge is 0.497 e. The zero-order valence-corrected chi connectivity index (χ0v) is 10.8. The summed E-state index contributed by atoms with van der Waals surface area (Å²) in [5.74, 6) is 1.35. The van der Waals surface area contributed by atoms with Gasteiger partial charge < -0.3 is 19.8 Å². The first-order valence-electron chi connectivity index (χ1n) is 6.05. The summed E-state index contributed by atoms with van der Waals surface area (Å²) in [6, 6.07) is 5.82. The van der Waals surface area contributed by atoms with Crippen molar-refractivity contribution in [3.8, 4) is 5.75 Å². The Balaban J connectivity index is 2.19. The van der Waals surface area contributed by atoms with Crippen LogP contribution in [0.4, 0.5) is 5.95 Å². The van der Waals surface area contributed by atoms with Gasteiger partial charge >= 0.3 is 0 Å². The Hall–Kier alpha value is -1.75. The van der Waals surface area contributed by atoms with E-state index in [4.69, 9.17) is 15.2 Å². The number of unbranched alkanes of at least 4 members (excludes halogenated alkanes) is 1. The highest BCUT2D eigenvalue weighted by Gasteiger charge is 2.08. The fraction of sp³-hybridized carbons (Fsp3) is 0.462. The second kappa shape index (κ2) is 5.73. The molecule has 0 aliphatic rings. The Kier molecular flexibility index (Phi) is 4.04. The van der Waals surface area contributed by atoms with E-state index in [0.29, 0.717) is 5.95 Å². The second-order valence-corrected chi connectivity index (χ2v) is 4.18. The molecule has 18 heavy (non-hydrogen) atoms. The minimum absolute atomic E-state index is 0.552. The van der Waals surface area contributed by atoms with Crippen LogP contribution in [0, 0.1) is 0 Å². The van der Waals surface area contributed by atoms with Crippen molar-refractivity contribution in [1.29, 1.82) is 0 Å². The van der Waals surface area contributed by atoms with Gasteiger partial charge in [-0.05, 0) is 25.0 Å². The normalized spacial score (nSPS) is 11.0. The molecule has 1 aromatic carbocycles. The number of anilines is 1. The Labute approximate surface area is 107 Å². The van der Waals surface area contributed by atoms with Crippen LogP contribution in [0.2, 0.25) is 0 Å². The molecule has 0 atom stereocenters. The molecule has 1 heterocycles. The maximum absolute atomic E-state index is 5.94. The second-order valence-electron chi connectivity index (χ2n) is 4.18. The fourth-order valence-corrected chi connectivity index (χ4v) is 2.01. The van der Waals surface area contributed by atoms with E-state index in [1.807, 2.05) is 22.8 Å². The average Bonchev–Trinajstić information content (AvgIpc) is 2.69. The lowest BCUT2D eigenvalue weighted by atomic mass is 10.3. The van der Waals surface area contributed by atoms with Gasteiger partial charge in [0.1, 0.15) is 5.75 Å². The topological polar surface area (TPSA) is 62.3 Å². The van der Waals surface area contributed by atoms with Crippen molar-refractivity contribution in [3.63, 3.8) is 0 Å². The first-order chi connectivity index (χ1) is 8.76. The molecule has 0 saturated carbocycles. The number of hydrogen-bond acceptors (Lipinski definition) is 4. The van der Waals surface area contributed by atoms with E-state index < -0.39 is 0 Å². The number of imidazole rings is 1. The van der Waals surface area contributed by atoms with Crippen LogP contribution in [0.3, 0.4) is 0 Å². The quantitative estimate of drug-likeness (QED) is 0.796. The molecule has 5 heteroatoms. The van der Waals surface area contributed by atoms with Gasteiger partial charge in [0.15, 0.2) is 0 Å². The molecular formula is C13H19N3O2. The first-order valence-corrected chi connectivity index (χ1v) is 6.05. The highest BCUT2D eigenvalue weighted by atomic mass is 16.5. The van der Waals surface area contributed by atoms with Gasteiger partial charge in [0.2, 0.25) is 5.95 Å². The van der Waals surface area contributed by atoms with Gasteiger partial charge in [-0.1, -0.05) is 0 Å². The summed E-state index contributed by atoms with van der Waals surface area (Å²) in [6.07, 6.45) is 2.04. The third-order valence-corrected chi connectivity index (χ3v) is 2.97. The lowest BCUT2D eigenvalue weighted by molar-refractivity contribution is 0.191. The van der Waals surface area contributed by atoms with Crippen molar-refractivity contribution >= 4 is 17.0 Å². The van der Waals surface area contributed by atoms with Gasteiger partial charge in [-0.25, -0.2) is 4.98 Å². The molecule has 2 N–H and O–H groups in total. The van der Waals surface area contributed by atoms with Crippen molar-refractivity contribution in [2.24, 2.45) is 0 Å². The van der Waals surface area contributed by atoms with Crippen LogP contribution in [0.15, 0.2) is 18.2 Å². The third kappa shape index (κ3) is 2.56. The summed E-state index contributed by atoms with van der Waals surface area (Å²) in [5, 5.41) is 0. The van der Waals surface area contributed by atoms with E-state index >= 15 is 0 Å². The number of nitrogens with two attached hydrogens (primary N) is 1. The van der Waals surface area contributed by atoms with E-state index in [0.717, 1.165) is 42.8 Å². The number of aromatic nitrogens is 2. The van der Waals surface area contributed by atoms with Gasteiger partial charge in [0, 0.05) is 26.3 Å². The SMILES string of the molecule is COCCCCn1c(N)nc2cc(OC)ccc21. The van der Waals surface area contributed by atoms with Gasteiger partial charge in [-0.3, -0.25) is 0 Å². The number of ether oxygens (including phenoxy) is 2. The summed E-state index contributed by atoms with van der Waals surface area (Å²) >= 11 is 0. The number of nitrogen functional groups attached to an aromatic ring is 1. The molecule has 0 aliphatic heterocycles. The third-order valence-electron chi connectivity index (χ3n) is 2.97. The molecule has 2 rings (SSSR count). The van der Waals surface area contributed by atoms with Crippen LogP contribution in [0.5, 0.6) is 5.75 Å². The summed E-state index contributed by atoms with van der Waals surface area (Å²) < 4.78 is 12.2. The van der Waals surface area contributed by atoms with Gasteiger partial charge in [-0.2, -0.15) is 0 Å². The van der Waals surface area contributed by atoms with E-state index in [9.17, 15) is 0 Å². The van der Waals surface area contributed by atoms with E-state index in [1.54, 1.807) is 14.2 Å². The lowest BCUT2D eigenvalue weighted by Gasteiger charge is -2.06. The smallest absolute Gasteiger partial charge is 0.201 e. The highest BCUT2D eigenvalue weighted by molar-refractivity contribution is 5.79. The molecular weight excluding hydrogens is 230 g/mol. The molecule has 0 amide bonds. The van der Waals surface area contributed by atoms with Crippen LogP contribution in [-0.4, -0.2) is 30.4 Å². The number of nitrogens with zero attached hydrogens (tertiary/aromatic N) is 2. The number of aryl methyl sites for hydroxylation is 1.